The van der Waals surface area contributed by atoms with Gasteiger partial charge in [-0.05, 0) is 12.2 Å². The summed E-state index contributed by atoms with van der Waals surface area (Å²) in [5.41, 5.74) is 0. The number of esters is 1. The molecule has 0 aromatic rings. The first-order valence-corrected chi connectivity index (χ1v) is 2.52. The van der Waals surface area contributed by atoms with Gasteiger partial charge in [-0.3, -0.25) is 4.79 Å². The van der Waals surface area contributed by atoms with Crippen LogP contribution in [-0.4, -0.2) is 12.6 Å². The number of ether oxygens (including phenoxy) is 1. The molecule has 0 aliphatic heterocycles. The Kier molecular flexibility index (Phi) is 4.25. The standard InChI is InChI=1S/C7H8O2/c1-3-4-5-6-9-7(2)8/h1,4-5H,6H2,2H3/b5-4-. The van der Waals surface area contributed by atoms with E-state index in [9.17, 15) is 4.79 Å². The van der Waals surface area contributed by atoms with Crippen LogP contribution in [0.1, 0.15) is 6.92 Å². The zero-order valence-corrected chi connectivity index (χ0v) is 5.26. The maximum absolute atomic E-state index is 10.1. The molecule has 0 aromatic heterocycles. The summed E-state index contributed by atoms with van der Waals surface area (Å²) in [5, 5.41) is 0. The number of carbonyl (C=O) groups is 1. The molecule has 0 unspecified atom stereocenters. The normalized spacial score (nSPS) is 8.89. The molecule has 9 heavy (non-hydrogen) atoms. The first-order chi connectivity index (χ1) is 4.27. The van der Waals surface area contributed by atoms with Crippen molar-refractivity contribution in [2.24, 2.45) is 0 Å². The minimum Gasteiger partial charge on any atom is -0.462 e. The average molecular weight is 124 g/mol. The highest BCUT2D eigenvalue weighted by Gasteiger charge is 1.84. The summed E-state index contributed by atoms with van der Waals surface area (Å²) < 4.78 is 4.52. The Morgan fingerprint density at radius 3 is 3.00 bits per heavy atom. The molecule has 0 amide bonds. The lowest BCUT2D eigenvalue weighted by Gasteiger charge is -1.91. The average Bonchev–Trinajstić information content (AvgIpc) is 1.80. The predicted molar refractivity (Wildman–Crippen MR) is 34.6 cm³/mol. The lowest BCUT2D eigenvalue weighted by Crippen LogP contribution is -1.96. The van der Waals surface area contributed by atoms with Crippen LogP contribution in [0.5, 0.6) is 0 Å². The van der Waals surface area contributed by atoms with Crippen LogP contribution in [0, 0.1) is 12.3 Å². The predicted octanol–water partition coefficient (Wildman–Crippen LogP) is 0.739. The first-order valence-electron chi connectivity index (χ1n) is 2.52. The Bertz CT molecular complexity index is 151. The molecule has 2 heteroatoms. The van der Waals surface area contributed by atoms with Crippen molar-refractivity contribution in [1.82, 2.24) is 0 Å². The summed E-state index contributed by atoms with van der Waals surface area (Å²) >= 11 is 0. The summed E-state index contributed by atoms with van der Waals surface area (Å²) in [7, 11) is 0. The molecule has 0 rings (SSSR count). The van der Waals surface area contributed by atoms with Crippen LogP contribution < -0.4 is 0 Å². The van der Waals surface area contributed by atoms with Crippen molar-refractivity contribution in [3.8, 4) is 12.3 Å². The Morgan fingerprint density at radius 2 is 2.56 bits per heavy atom. The van der Waals surface area contributed by atoms with E-state index in [1.807, 2.05) is 0 Å². The molecule has 0 atom stereocenters. The zero-order valence-electron chi connectivity index (χ0n) is 5.26. The molecule has 0 saturated heterocycles. The van der Waals surface area contributed by atoms with Crippen molar-refractivity contribution in [3.05, 3.63) is 12.2 Å². The van der Waals surface area contributed by atoms with E-state index < -0.39 is 0 Å². The topological polar surface area (TPSA) is 26.3 Å². The molecule has 0 saturated carbocycles. The smallest absolute Gasteiger partial charge is 0.302 e. The fraction of sp³-hybridized carbons (Fsp3) is 0.286. The molecule has 0 bridgehead atoms. The van der Waals surface area contributed by atoms with Crippen LogP contribution in [-0.2, 0) is 9.53 Å². The number of hydrogen-bond donors (Lipinski definition) is 0. The number of allylic oxidation sites excluding steroid dienone is 1. The second-order valence-electron chi connectivity index (χ2n) is 1.37. The highest BCUT2D eigenvalue weighted by Crippen LogP contribution is 1.76. The second-order valence-corrected chi connectivity index (χ2v) is 1.37. The van der Waals surface area contributed by atoms with Crippen molar-refractivity contribution < 1.29 is 9.53 Å². The Hall–Kier alpha value is -1.23. The molecule has 0 aromatic carbocycles. The number of carbonyl (C=O) groups excluding carboxylic acids is 1. The van der Waals surface area contributed by atoms with E-state index in [0.29, 0.717) is 0 Å². The van der Waals surface area contributed by atoms with Crippen molar-refractivity contribution in [2.45, 2.75) is 6.92 Å². The van der Waals surface area contributed by atoms with Gasteiger partial charge < -0.3 is 4.74 Å². The third kappa shape index (κ3) is 6.77. The van der Waals surface area contributed by atoms with E-state index in [2.05, 4.69) is 10.7 Å². The molecular formula is C7H8O2. The molecule has 0 fully saturated rings. The highest BCUT2D eigenvalue weighted by atomic mass is 16.5. The minimum atomic E-state index is -0.295. The van der Waals surface area contributed by atoms with Gasteiger partial charge in [-0.15, -0.1) is 6.42 Å². The highest BCUT2D eigenvalue weighted by molar-refractivity contribution is 5.65. The van der Waals surface area contributed by atoms with Crippen LogP contribution in [0.2, 0.25) is 0 Å². The van der Waals surface area contributed by atoms with E-state index >= 15 is 0 Å². The van der Waals surface area contributed by atoms with Gasteiger partial charge in [-0.25, -0.2) is 0 Å². The van der Waals surface area contributed by atoms with Crippen LogP contribution in [0.25, 0.3) is 0 Å². The van der Waals surface area contributed by atoms with Gasteiger partial charge in [-0.2, -0.15) is 0 Å². The second kappa shape index (κ2) is 4.92. The van der Waals surface area contributed by atoms with E-state index in [-0.39, 0.29) is 12.6 Å². The molecule has 0 heterocycles. The third-order valence-corrected chi connectivity index (χ3v) is 0.597. The maximum atomic E-state index is 10.1. The lowest BCUT2D eigenvalue weighted by molar-refractivity contribution is -0.139. The largest absolute Gasteiger partial charge is 0.462 e. The third-order valence-electron chi connectivity index (χ3n) is 0.597. The summed E-state index contributed by atoms with van der Waals surface area (Å²) in [5.74, 6) is 1.97. The summed E-state index contributed by atoms with van der Waals surface area (Å²) in [6, 6.07) is 0. The number of rotatable bonds is 2. The Labute approximate surface area is 54.5 Å². The fourth-order valence-electron chi connectivity index (χ4n) is 0.282. The van der Waals surface area contributed by atoms with Crippen LogP contribution in [0.3, 0.4) is 0 Å². The van der Waals surface area contributed by atoms with Gasteiger partial charge >= 0.3 is 5.97 Å². The van der Waals surface area contributed by atoms with E-state index in [4.69, 9.17) is 6.42 Å². The van der Waals surface area contributed by atoms with Gasteiger partial charge in [0.25, 0.3) is 0 Å². The summed E-state index contributed by atoms with van der Waals surface area (Å²) in [4.78, 5) is 10.1. The van der Waals surface area contributed by atoms with Crippen LogP contribution >= 0.6 is 0 Å². The summed E-state index contributed by atoms with van der Waals surface area (Å²) in [6.45, 7) is 1.61. The van der Waals surface area contributed by atoms with Crippen molar-refractivity contribution in [1.29, 1.82) is 0 Å². The molecular weight excluding hydrogens is 116 g/mol. The molecule has 0 spiro atoms. The molecule has 0 radical (unpaired) electrons. The SMILES string of the molecule is C#C/C=C\COC(C)=O. The van der Waals surface area contributed by atoms with Gasteiger partial charge in [0.05, 0.1) is 0 Å². The molecule has 0 aliphatic carbocycles. The Balaban J connectivity index is 3.22. The van der Waals surface area contributed by atoms with Crippen LogP contribution in [0.4, 0.5) is 0 Å². The van der Waals surface area contributed by atoms with Gasteiger partial charge in [-0.1, -0.05) is 5.92 Å². The lowest BCUT2D eigenvalue weighted by atomic mass is 10.5. The minimum absolute atomic E-state index is 0.263. The van der Waals surface area contributed by atoms with Crippen molar-refractivity contribution >= 4 is 5.97 Å². The quantitative estimate of drug-likeness (QED) is 0.401. The monoisotopic (exact) mass is 124 g/mol. The van der Waals surface area contributed by atoms with Gasteiger partial charge in [0, 0.05) is 6.92 Å². The fourth-order valence-corrected chi connectivity index (χ4v) is 0.282. The maximum Gasteiger partial charge on any atom is 0.302 e. The molecule has 48 valence electrons. The van der Waals surface area contributed by atoms with E-state index in [1.54, 1.807) is 6.08 Å². The van der Waals surface area contributed by atoms with E-state index in [0.717, 1.165) is 0 Å². The molecule has 2 nitrogen and oxygen atoms in total. The van der Waals surface area contributed by atoms with Gasteiger partial charge in [0.15, 0.2) is 0 Å². The van der Waals surface area contributed by atoms with Crippen LogP contribution in [0.15, 0.2) is 12.2 Å². The Morgan fingerprint density at radius 1 is 1.89 bits per heavy atom. The van der Waals surface area contributed by atoms with Gasteiger partial charge in [0.2, 0.25) is 0 Å². The first kappa shape index (κ1) is 7.77. The van der Waals surface area contributed by atoms with E-state index in [1.165, 1.54) is 13.0 Å². The summed E-state index contributed by atoms with van der Waals surface area (Å²) in [6.07, 6.45) is 7.96. The molecule has 0 N–H and O–H groups in total. The van der Waals surface area contributed by atoms with Crippen molar-refractivity contribution in [2.75, 3.05) is 6.61 Å². The number of hydrogen-bond acceptors (Lipinski definition) is 2. The zero-order chi connectivity index (χ0) is 7.11. The number of terminal acetylenes is 1. The van der Waals surface area contributed by atoms with Gasteiger partial charge in [0.1, 0.15) is 6.61 Å². The molecule has 0 aliphatic rings. The van der Waals surface area contributed by atoms with Crippen molar-refractivity contribution in [3.63, 3.8) is 0 Å².